The van der Waals surface area contributed by atoms with Gasteiger partial charge in [0, 0.05) is 24.6 Å². The Morgan fingerprint density at radius 1 is 1.06 bits per heavy atom. The largest absolute Gasteiger partial charge is 0.494 e. The van der Waals surface area contributed by atoms with E-state index in [1.54, 1.807) is 35.9 Å². The molecule has 2 heterocycles. The van der Waals surface area contributed by atoms with E-state index in [1.807, 2.05) is 43.5 Å². The van der Waals surface area contributed by atoms with Gasteiger partial charge in [0.05, 0.1) is 26.1 Å². The molecule has 33 heavy (non-hydrogen) atoms. The zero-order chi connectivity index (χ0) is 23.2. The first-order chi connectivity index (χ1) is 16.1. The van der Waals surface area contributed by atoms with Gasteiger partial charge in [0.2, 0.25) is 5.91 Å². The highest BCUT2D eigenvalue weighted by atomic mass is 16.5. The Morgan fingerprint density at radius 2 is 1.82 bits per heavy atom. The predicted octanol–water partition coefficient (Wildman–Crippen LogP) is 3.55. The molecule has 170 valence electrons. The maximum absolute atomic E-state index is 13.2. The van der Waals surface area contributed by atoms with Crippen molar-refractivity contribution < 1.29 is 14.3 Å². The van der Waals surface area contributed by atoms with Crippen molar-refractivity contribution in [3.05, 3.63) is 77.5 Å². The maximum atomic E-state index is 13.2. The Balaban J connectivity index is 1.67. The minimum Gasteiger partial charge on any atom is -0.494 e. The smallest absolute Gasteiger partial charge is 0.277 e. The number of carbonyl (C=O) groups excluding carboxylic acids is 1. The summed E-state index contributed by atoms with van der Waals surface area (Å²) in [4.78, 5) is 30.6. The number of methoxy groups -OCH3 is 1. The lowest BCUT2D eigenvalue weighted by Gasteiger charge is -2.09. The van der Waals surface area contributed by atoms with E-state index in [9.17, 15) is 9.59 Å². The van der Waals surface area contributed by atoms with E-state index in [2.05, 4.69) is 10.3 Å². The number of anilines is 1. The van der Waals surface area contributed by atoms with Crippen LogP contribution in [0, 0.1) is 0 Å². The van der Waals surface area contributed by atoms with E-state index in [0.717, 1.165) is 16.9 Å². The lowest BCUT2D eigenvalue weighted by molar-refractivity contribution is -0.116. The summed E-state index contributed by atoms with van der Waals surface area (Å²) in [5, 5.41) is 2.88. The van der Waals surface area contributed by atoms with Crippen LogP contribution in [0.25, 0.3) is 22.2 Å². The summed E-state index contributed by atoms with van der Waals surface area (Å²) in [5.74, 6) is 0.490. The molecule has 2 aromatic heterocycles. The number of fused-ring (bicyclic) bond motifs is 1. The summed E-state index contributed by atoms with van der Waals surface area (Å²) in [6.07, 6.45) is 3.34. The third-order valence-corrected chi connectivity index (χ3v) is 5.23. The van der Waals surface area contributed by atoms with Crippen molar-refractivity contribution in [3.63, 3.8) is 0 Å². The van der Waals surface area contributed by atoms with Gasteiger partial charge in [-0.1, -0.05) is 30.3 Å². The molecular weight excluding hydrogens is 420 g/mol. The van der Waals surface area contributed by atoms with Crippen molar-refractivity contribution in [1.82, 2.24) is 14.1 Å². The number of nitrogens with one attached hydrogen (secondary N) is 1. The van der Waals surface area contributed by atoms with E-state index in [4.69, 9.17) is 9.47 Å². The summed E-state index contributed by atoms with van der Waals surface area (Å²) in [6, 6.07) is 16.9. The van der Waals surface area contributed by atoms with Crippen molar-refractivity contribution in [2.24, 2.45) is 0 Å². The number of hydrogen-bond donors (Lipinski definition) is 1. The molecule has 2 aromatic carbocycles. The van der Waals surface area contributed by atoms with Gasteiger partial charge in [-0.15, -0.1) is 0 Å². The summed E-state index contributed by atoms with van der Waals surface area (Å²) >= 11 is 0. The molecule has 0 fully saturated rings. The van der Waals surface area contributed by atoms with Gasteiger partial charge in [0.25, 0.3) is 5.56 Å². The molecule has 0 unspecified atom stereocenters. The van der Waals surface area contributed by atoms with Gasteiger partial charge < -0.3 is 19.4 Å². The van der Waals surface area contributed by atoms with Crippen LogP contribution in [-0.4, -0.2) is 40.3 Å². The number of carbonyl (C=O) groups is 1. The number of benzene rings is 2. The van der Waals surface area contributed by atoms with E-state index >= 15 is 0 Å². The highest BCUT2D eigenvalue weighted by Crippen LogP contribution is 2.27. The molecule has 0 radical (unpaired) electrons. The van der Waals surface area contributed by atoms with Gasteiger partial charge in [-0.05, 0) is 36.8 Å². The van der Waals surface area contributed by atoms with Crippen LogP contribution in [0.1, 0.15) is 6.92 Å². The van der Waals surface area contributed by atoms with Crippen molar-refractivity contribution in [2.75, 3.05) is 25.6 Å². The van der Waals surface area contributed by atoms with Crippen LogP contribution in [0.4, 0.5) is 5.69 Å². The van der Waals surface area contributed by atoms with E-state index < -0.39 is 0 Å². The predicted molar refractivity (Wildman–Crippen MR) is 128 cm³/mol. The maximum Gasteiger partial charge on any atom is 0.277 e. The molecule has 1 N–H and O–H groups in total. The van der Waals surface area contributed by atoms with Gasteiger partial charge in [0.15, 0.2) is 0 Å². The molecule has 8 heteroatoms. The molecule has 8 nitrogen and oxygen atoms in total. The molecule has 0 aliphatic carbocycles. The zero-order valence-electron chi connectivity index (χ0n) is 18.7. The second-order valence-electron chi connectivity index (χ2n) is 7.48. The number of hydrogen-bond acceptors (Lipinski definition) is 5. The van der Waals surface area contributed by atoms with Gasteiger partial charge in [0.1, 0.15) is 23.3 Å². The van der Waals surface area contributed by atoms with Crippen molar-refractivity contribution in [1.29, 1.82) is 0 Å². The topological polar surface area (TPSA) is 87.4 Å². The van der Waals surface area contributed by atoms with Gasteiger partial charge in [-0.2, -0.15) is 0 Å². The minimum atomic E-state index is -0.248. The van der Waals surface area contributed by atoms with E-state index in [1.165, 1.54) is 10.9 Å². The fourth-order valence-electron chi connectivity index (χ4n) is 3.67. The third-order valence-electron chi connectivity index (χ3n) is 5.23. The fraction of sp³-hybridized carbons (Fsp3) is 0.240. The normalized spacial score (nSPS) is 11.0. The van der Waals surface area contributed by atoms with E-state index in [-0.39, 0.29) is 18.0 Å². The molecule has 0 bridgehead atoms. The Labute approximate surface area is 191 Å². The lowest BCUT2D eigenvalue weighted by Crippen LogP contribution is -2.26. The summed E-state index contributed by atoms with van der Waals surface area (Å²) in [6.45, 7) is 3.23. The fourth-order valence-corrected chi connectivity index (χ4v) is 3.67. The Bertz CT molecular complexity index is 1290. The van der Waals surface area contributed by atoms with Crippen LogP contribution in [-0.2, 0) is 22.6 Å². The summed E-state index contributed by atoms with van der Waals surface area (Å²) < 4.78 is 13.7. The molecular formula is C25H26N4O4. The quantitative estimate of drug-likeness (QED) is 0.425. The molecule has 0 atom stereocenters. The second-order valence-corrected chi connectivity index (χ2v) is 7.48. The first-order valence-electron chi connectivity index (χ1n) is 10.8. The lowest BCUT2D eigenvalue weighted by atomic mass is 10.1. The molecule has 0 saturated heterocycles. The molecule has 4 aromatic rings. The highest BCUT2D eigenvalue weighted by molar-refractivity contribution is 5.95. The van der Waals surface area contributed by atoms with Gasteiger partial charge >= 0.3 is 0 Å². The van der Waals surface area contributed by atoms with Gasteiger partial charge in [-0.25, -0.2) is 4.98 Å². The number of ether oxygens (including phenoxy) is 2. The molecule has 0 aliphatic rings. The third kappa shape index (κ3) is 4.96. The molecule has 1 amide bonds. The van der Waals surface area contributed by atoms with Crippen molar-refractivity contribution in [3.8, 4) is 16.9 Å². The van der Waals surface area contributed by atoms with Crippen LogP contribution >= 0.6 is 0 Å². The van der Waals surface area contributed by atoms with Crippen LogP contribution in [0.3, 0.4) is 0 Å². The Hall–Kier alpha value is -3.91. The highest BCUT2D eigenvalue weighted by Gasteiger charge is 2.18. The van der Waals surface area contributed by atoms with E-state index in [0.29, 0.717) is 36.5 Å². The van der Waals surface area contributed by atoms with Crippen LogP contribution < -0.4 is 15.6 Å². The minimum absolute atomic E-state index is 0.0260. The zero-order valence-corrected chi connectivity index (χ0v) is 18.7. The average molecular weight is 447 g/mol. The monoisotopic (exact) mass is 446 g/mol. The number of amides is 1. The molecule has 4 rings (SSSR count). The standard InChI is InChI=1S/C25H26N4O4/c1-3-33-20-11-9-19(10-12-20)27-22(30)16-29-15-21(18-7-5-4-6-8-18)23-24(29)25(31)28(17-26-23)13-14-32-2/h4-12,15,17H,3,13-14,16H2,1-2H3,(H,27,30). The Morgan fingerprint density at radius 3 is 2.52 bits per heavy atom. The summed E-state index contributed by atoms with van der Waals surface area (Å²) in [5.41, 5.74) is 3.11. The van der Waals surface area contributed by atoms with Crippen LogP contribution in [0.2, 0.25) is 0 Å². The SMILES string of the molecule is CCOc1ccc(NC(=O)Cn2cc(-c3ccccc3)c3ncn(CCOC)c(=O)c32)cc1. The Kier molecular flexibility index (Phi) is 6.85. The van der Waals surface area contributed by atoms with Crippen molar-refractivity contribution >= 4 is 22.6 Å². The average Bonchev–Trinajstić information content (AvgIpc) is 3.19. The molecule has 0 saturated carbocycles. The van der Waals surface area contributed by atoms with Crippen LogP contribution in [0.5, 0.6) is 5.75 Å². The number of nitrogens with zero attached hydrogens (tertiary/aromatic N) is 3. The molecule has 0 aliphatic heterocycles. The van der Waals surface area contributed by atoms with Crippen LogP contribution in [0.15, 0.2) is 71.9 Å². The van der Waals surface area contributed by atoms with Crippen molar-refractivity contribution in [2.45, 2.75) is 20.0 Å². The number of rotatable bonds is 9. The molecule has 0 spiro atoms. The second kappa shape index (κ2) is 10.1. The first-order valence-corrected chi connectivity index (χ1v) is 10.8. The first kappa shape index (κ1) is 22.3. The number of aromatic nitrogens is 3. The van der Waals surface area contributed by atoms with Gasteiger partial charge in [-0.3, -0.25) is 14.2 Å². The summed E-state index contributed by atoms with van der Waals surface area (Å²) in [7, 11) is 1.58.